The number of hydrogen-bond acceptors (Lipinski definition) is 5. The molecule has 0 bridgehead atoms. The van der Waals surface area contributed by atoms with Crippen molar-refractivity contribution in [2.45, 2.75) is 44.4 Å². The number of nitrogens with one attached hydrogen (secondary N) is 1. The highest BCUT2D eigenvalue weighted by atomic mass is 35.5. The van der Waals surface area contributed by atoms with E-state index in [1.54, 1.807) is 19.2 Å². The lowest BCUT2D eigenvalue weighted by Crippen LogP contribution is -2.45. The first-order valence-electron chi connectivity index (χ1n) is 8.59. The van der Waals surface area contributed by atoms with Gasteiger partial charge in [-0.1, -0.05) is 18.5 Å². The molecule has 0 spiro atoms. The highest BCUT2D eigenvalue weighted by Crippen LogP contribution is 2.31. The number of benzene rings is 1. The summed E-state index contributed by atoms with van der Waals surface area (Å²) in [6.45, 7) is 5.10. The van der Waals surface area contributed by atoms with Crippen molar-refractivity contribution < 1.29 is 9.84 Å². The molecule has 1 aromatic rings. The van der Waals surface area contributed by atoms with Crippen LogP contribution < -0.4 is 5.32 Å². The van der Waals surface area contributed by atoms with Gasteiger partial charge in [0.2, 0.25) is 5.90 Å². The molecule has 0 aliphatic carbocycles. The second-order valence-corrected chi connectivity index (χ2v) is 7.73. The van der Waals surface area contributed by atoms with Gasteiger partial charge in [0.1, 0.15) is 11.5 Å². The summed E-state index contributed by atoms with van der Waals surface area (Å²) in [4.78, 5) is 4.39. The first-order chi connectivity index (χ1) is 12.0. The van der Waals surface area contributed by atoms with E-state index in [0.29, 0.717) is 16.2 Å². The molecule has 0 saturated carbocycles. The van der Waals surface area contributed by atoms with Crippen LogP contribution in [-0.2, 0) is 4.74 Å². The third-order valence-corrected chi connectivity index (χ3v) is 5.93. The van der Waals surface area contributed by atoms with Crippen LogP contribution in [0.15, 0.2) is 28.8 Å². The van der Waals surface area contributed by atoms with Gasteiger partial charge >= 0.3 is 0 Å². The Bertz CT molecular complexity index is 653. The van der Waals surface area contributed by atoms with Gasteiger partial charge in [0.05, 0.1) is 11.1 Å². The average molecular weight is 383 g/mol. The molecule has 2 rings (SSSR count). The number of aliphatic imine (C=N–C) groups is 1. The Hall–Kier alpha value is -1.17. The number of allylic oxidation sites excluding steroid dienone is 1. The highest BCUT2D eigenvalue weighted by molar-refractivity contribution is 7.99. The van der Waals surface area contributed by atoms with Gasteiger partial charge in [0, 0.05) is 24.4 Å². The van der Waals surface area contributed by atoms with Crippen LogP contribution in [0.1, 0.15) is 38.7 Å². The van der Waals surface area contributed by atoms with Crippen molar-refractivity contribution in [3.63, 3.8) is 0 Å². The van der Waals surface area contributed by atoms with Gasteiger partial charge in [-0.05, 0) is 56.2 Å². The maximum atomic E-state index is 9.68. The first-order valence-corrected chi connectivity index (χ1v) is 10.3. The van der Waals surface area contributed by atoms with Crippen LogP contribution in [0.25, 0.3) is 5.76 Å². The van der Waals surface area contributed by atoms with Crippen molar-refractivity contribution in [1.29, 1.82) is 0 Å². The minimum Gasteiger partial charge on any atom is -0.506 e. The summed E-state index contributed by atoms with van der Waals surface area (Å²) in [6.07, 6.45) is 5.17. The number of piperidine rings is 1. The Morgan fingerprint density at radius 3 is 2.72 bits per heavy atom. The maximum Gasteiger partial charge on any atom is 0.207 e. The fourth-order valence-electron chi connectivity index (χ4n) is 2.82. The van der Waals surface area contributed by atoms with Gasteiger partial charge in [-0.2, -0.15) is 11.8 Å². The van der Waals surface area contributed by atoms with Gasteiger partial charge in [0.15, 0.2) is 0 Å². The molecule has 25 heavy (non-hydrogen) atoms. The van der Waals surface area contributed by atoms with Crippen LogP contribution >= 0.6 is 23.4 Å². The minimum absolute atomic E-state index is 0.0698. The van der Waals surface area contributed by atoms with E-state index in [9.17, 15) is 5.11 Å². The topological polar surface area (TPSA) is 53.8 Å². The van der Waals surface area contributed by atoms with E-state index < -0.39 is 0 Å². The number of phenols is 1. The smallest absolute Gasteiger partial charge is 0.207 e. The Morgan fingerprint density at radius 2 is 2.20 bits per heavy atom. The molecular weight excluding hydrogens is 356 g/mol. The summed E-state index contributed by atoms with van der Waals surface area (Å²) in [5, 5.41) is 14.2. The SMILES string of the molecule is CC/C(C)=C(\O/C(=N\C)[C@H]1CCC(SC)CN1)c1ccc(O)c(Cl)c1. The second kappa shape index (κ2) is 9.51. The number of thioether (sulfide) groups is 1. The summed E-state index contributed by atoms with van der Waals surface area (Å²) in [7, 11) is 1.76. The molecule has 6 heteroatoms. The zero-order valence-corrected chi connectivity index (χ0v) is 16.9. The van der Waals surface area contributed by atoms with Gasteiger partial charge in [-0.15, -0.1) is 0 Å². The molecule has 0 radical (unpaired) electrons. The number of nitrogens with zero attached hydrogens (tertiary/aromatic N) is 1. The van der Waals surface area contributed by atoms with Crippen LogP contribution in [0.3, 0.4) is 0 Å². The van der Waals surface area contributed by atoms with Crippen molar-refractivity contribution in [3.8, 4) is 5.75 Å². The van der Waals surface area contributed by atoms with Crippen molar-refractivity contribution in [1.82, 2.24) is 5.32 Å². The molecule has 2 atom stereocenters. The lowest BCUT2D eigenvalue weighted by molar-refractivity contribution is 0.402. The van der Waals surface area contributed by atoms with Crippen molar-refractivity contribution in [2.24, 2.45) is 4.99 Å². The summed E-state index contributed by atoms with van der Waals surface area (Å²) < 4.78 is 6.26. The minimum atomic E-state index is 0.0698. The zero-order chi connectivity index (χ0) is 18.4. The van der Waals surface area contributed by atoms with Gasteiger partial charge < -0.3 is 15.2 Å². The van der Waals surface area contributed by atoms with E-state index >= 15 is 0 Å². The quantitative estimate of drug-likeness (QED) is 0.439. The molecule has 138 valence electrons. The lowest BCUT2D eigenvalue weighted by atomic mass is 10.0. The summed E-state index contributed by atoms with van der Waals surface area (Å²) in [5.41, 5.74) is 1.96. The van der Waals surface area contributed by atoms with Crippen molar-refractivity contribution in [2.75, 3.05) is 19.8 Å². The van der Waals surface area contributed by atoms with Crippen LogP contribution in [-0.4, -0.2) is 42.1 Å². The number of aromatic hydroxyl groups is 1. The largest absolute Gasteiger partial charge is 0.506 e. The van der Waals surface area contributed by atoms with E-state index in [2.05, 4.69) is 23.5 Å². The predicted octanol–water partition coefficient (Wildman–Crippen LogP) is 4.72. The summed E-state index contributed by atoms with van der Waals surface area (Å²) in [5.74, 6) is 1.53. The Balaban J connectivity index is 2.23. The molecule has 0 aromatic heterocycles. The van der Waals surface area contributed by atoms with Gasteiger partial charge in [0.25, 0.3) is 0 Å². The lowest BCUT2D eigenvalue weighted by Gasteiger charge is -2.30. The number of ether oxygens (including phenoxy) is 1. The molecule has 1 saturated heterocycles. The monoisotopic (exact) mass is 382 g/mol. The predicted molar refractivity (Wildman–Crippen MR) is 109 cm³/mol. The standard InChI is InChI=1S/C19H27ClN2O2S/c1-5-12(2)18(13-6-9-17(23)15(20)10-13)24-19(21-3)16-8-7-14(25-4)11-22-16/h6,9-10,14,16,22-23H,5,7-8,11H2,1-4H3/b18-12-,21-19-/t14?,16-/m1/s1. The molecule has 4 nitrogen and oxygen atoms in total. The second-order valence-electron chi connectivity index (χ2n) is 6.19. The van der Waals surface area contributed by atoms with Crippen LogP contribution in [0.5, 0.6) is 5.75 Å². The van der Waals surface area contributed by atoms with Gasteiger partial charge in [-0.3, -0.25) is 4.99 Å². The normalized spacial score (nSPS) is 22.5. The summed E-state index contributed by atoms with van der Waals surface area (Å²) >= 11 is 7.98. The van der Waals surface area contributed by atoms with E-state index in [1.165, 1.54) is 0 Å². The van der Waals surface area contributed by atoms with Crippen LogP contribution in [0, 0.1) is 0 Å². The Labute approximate surface area is 159 Å². The third kappa shape index (κ3) is 5.16. The molecule has 1 aliphatic heterocycles. The van der Waals surface area contributed by atoms with E-state index in [1.807, 2.05) is 24.8 Å². The van der Waals surface area contributed by atoms with Gasteiger partial charge in [-0.25, -0.2) is 0 Å². The summed E-state index contributed by atoms with van der Waals surface area (Å²) in [6, 6.07) is 5.27. The number of rotatable bonds is 5. The first kappa shape index (κ1) is 20.1. The zero-order valence-electron chi connectivity index (χ0n) is 15.3. The molecule has 1 unspecified atom stereocenters. The third-order valence-electron chi connectivity index (χ3n) is 4.56. The Kier molecular flexibility index (Phi) is 7.66. The molecule has 1 aromatic carbocycles. The van der Waals surface area contributed by atoms with Crippen LogP contribution in [0.2, 0.25) is 5.02 Å². The molecular formula is C19H27ClN2O2S. The van der Waals surface area contributed by atoms with E-state index in [0.717, 1.165) is 42.7 Å². The average Bonchev–Trinajstić information content (AvgIpc) is 2.65. The molecule has 0 amide bonds. The number of halogens is 1. The fraction of sp³-hybridized carbons (Fsp3) is 0.526. The number of phenolic OH excluding ortho intramolecular Hbond substituents is 1. The molecule has 1 fully saturated rings. The fourth-order valence-corrected chi connectivity index (χ4v) is 3.64. The molecule has 2 N–H and O–H groups in total. The van der Waals surface area contributed by atoms with E-state index in [-0.39, 0.29) is 11.8 Å². The maximum absolute atomic E-state index is 9.68. The molecule has 1 heterocycles. The van der Waals surface area contributed by atoms with Crippen molar-refractivity contribution in [3.05, 3.63) is 34.4 Å². The highest BCUT2D eigenvalue weighted by Gasteiger charge is 2.26. The van der Waals surface area contributed by atoms with E-state index in [4.69, 9.17) is 16.3 Å². The van der Waals surface area contributed by atoms with Crippen molar-refractivity contribution >= 4 is 35.0 Å². The van der Waals surface area contributed by atoms with Crippen LogP contribution in [0.4, 0.5) is 0 Å². The molecule has 1 aliphatic rings. The number of hydrogen-bond donors (Lipinski definition) is 2. The Morgan fingerprint density at radius 1 is 1.44 bits per heavy atom.